The van der Waals surface area contributed by atoms with E-state index in [2.05, 4.69) is 49.9 Å². The summed E-state index contributed by atoms with van der Waals surface area (Å²) in [4.78, 5) is 0. The van der Waals surface area contributed by atoms with Crippen molar-refractivity contribution < 1.29 is 0 Å². The van der Waals surface area contributed by atoms with Crippen LogP contribution in [0.3, 0.4) is 0 Å². The molecule has 2 heteroatoms. The second-order valence-electron chi connectivity index (χ2n) is 4.48. The Labute approximate surface area is 110 Å². The summed E-state index contributed by atoms with van der Waals surface area (Å²) in [6.07, 6.45) is 8.26. The van der Waals surface area contributed by atoms with E-state index in [1.54, 1.807) is 0 Å². The molecule has 0 amide bonds. The van der Waals surface area contributed by atoms with E-state index >= 15 is 0 Å². The zero-order chi connectivity index (χ0) is 12.9. The molecule has 1 atom stereocenters. The van der Waals surface area contributed by atoms with Gasteiger partial charge in [-0.25, -0.2) is 0 Å². The van der Waals surface area contributed by atoms with Crippen LogP contribution >= 0.6 is 12.6 Å². The Morgan fingerprint density at radius 3 is 2.29 bits per heavy atom. The fourth-order valence-corrected chi connectivity index (χ4v) is 1.58. The molecule has 17 heavy (non-hydrogen) atoms. The maximum Gasteiger partial charge on any atom is 0.0502 e. The minimum Gasteiger partial charge on any atom is -0.319 e. The second-order valence-corrected chi connectivity index (χ2v) is 5.11. The zero-order valence-corrected chi connectivity index (χ0v) is 11.7. The highest BCUT2D eigenvalue weighted by Crippen LogP contribution is 2.21. The number of nitrogens with two attached hydrogens (primary N) is 1. The third-order valence-electron chi connectivity index (χ3n) is 2.49. The molecule has 0 fully saturated rings. The summed E-state index contributed by atoms with van der Waals surface area (Å²) in [6.45, 7) is 6.09. The fourth-order valence-electron chi connectivity index (χ4n) is 1.58. The predicted molar refractivity (Wildman–Crippen MR) is 81.4 cm³/mol. The number of hydrogen-bond donors (Lipinski definition) is 2. The smallest absolute Gasteiger partial charge is 0.0502 e. The normalized spacial score (nSPS) is 21.2. The lowest BCUT2D eigenvalue weighted by Gasteiger charge is -2.12. The van der Waals surface area contributed by atoms with Gasteiger partial charge in [0.15, 0.2) is 0 Å². The van der Waals surface area contributed by atoms with E-state index in [0.29, 0.717) is 0 Å². The lowest BCUT2D eigenvalue weighted by Crippen LogP contribution is -2.29. The molecule has 1 aliphatic carbocycles. The van der Waals surface area contributed by atoms with Crippen LogP contribution in [0.25, 0.3) is 12.2 Å². The summed E-state index contributed by atoms with van der Waals surface area (Å²) in [5.41, 5.74) is 9.46. The van der Waals surface area contributed by atoms with Gasteiger partial charge in [-0.1, -0.05) is 55.0 Å². The van der Waals surface area contributed by atoms with E-state index in [4.69, 9.17) is 5.73 Å². The molecule has 1 aliphatic rings. The van der Waals surface area contributed by atoms with Crippen LogP contribution in [-0.4, -0.2) is 11.3 Å². The molecule has 0 radical (unpaired) electrons. The maximum absolute atomic E-state index is 6.02. The number of rotatable bonds is 0. The predicted octanol–water partition coefficient (Wildman–Crippen LogP) is 3.69. The van der Waals surface area contributed by atoms with Gasteiger partial charge in [0.05, 0.1) is 5.54 Å². The average Bonchev–Trinajstić information content (AvgIpc) is 2.40. The highest BCUT2D eigenvalue weighted by molar-refractivity contribution is 7.80. The first-order chi connectivity index (χ1) is 7.98. The van der Waals surface area contributed by atoms with E-state index in [0.717, 1.165) is 5.75 Å². The SMILES string of the molecule is CCS.Cc1ccc2c(c1)C=CC(C)(N)C=C2. The van der Waals surface area contributed by atoms with Gasteiger partial charge in [-0.2, -0.15) is 12.6 Å². The van der Waals surface area contributed by atoms with Gasteiger partial charge >= 0.3 is 0 Å². The molecule has 0 aromatic heterocycles. The van der Waals surface area contributed by atoms with Crippen LogP contribution in [0.1, 0.15) is 30.5 Å². The molecule has 2 rings (SSSR count). The van der Waals surface area contributed by atoms with Crippen LogP contribution in [0.5, 0.6) is 0 Å². The third kappa shape index (κ3) is 4.41. The molecular weight excluding hydrogens is 226 g/mol. The van der Waals surface area contributed by atoms with Crippen molar-refractivity contribution in [3.8, 4) is 0 Å². The van der Waals surface area contributed by atoms with Crippen molar-refractivity contribution in [2.45, 2.75) is 26.3 Å². The van der Waals surface area contributed by atoms with Gasteiger partial charge in [-0.3, -0.25) is 0 Å². The van der Waals surface area contributed by atoms with Gasteiger partial charge in [0.25, 0.3) is 0 Å². The minimum atomic E-state index is -0.326. The van der Waals surface area contributed by atoms with Crippen LogP contribution in [0.15, 0.2) is 30.4 Å². The molecule has 1 aromatic rings. The Bertz CT molecular complexity index is 431. The maximum atomic E-state index is 6.02. The van der Waals surface area contributed by atoms with Gasteiger partial charge in [0.1, 0.15) is 0 Å². The average molecular weight is 247 g/mol. The van der Waals surface area contributed by atoms with Crippen molar-refractivity contribution in [1.29, 1.82) is 0 Å². The largest absolute Gasteiger partial charge is 0.319 e. The van der Waals surface area contributed by atoms with Gasteiger partial charge in [0.2, 0.25) is 0 Å². The molecule has 1 aromatic carbocycles. The van der Waals surface area contributed by atoms with E-state index < -0.39 is 0 Å². The van der Waals surface area contributed by atoms with Crippen molar-refractivity contribution in [2.75, 3.05) is 5.75 Å². The van der Waals surface area contributed by atoms with Crippen molar-refractivity contribution in [1.82, 2.24) is 0 Å². The van der Waals surface area contributed by atoms with Gasteiger partial charge in [-0.15, -0.1) is 0 Å². The topological polar surface area (TPSA) is 26.0 Å². The van der Waals surface area contributed by atoms with Gasteiger partial charge < -0.3 is 5.73 Å². The van der Waals surface area contributed by atoms with Gasteiger partial charge in [0, 0.05) is 0 Å². The Morgan fingerprint density at radius 1 is 1.18 bits per heavy atom. The highest BCUT2D eigenvalue weighted by atomic mass is 32.1. The van der Waals surface area contributed by atoms with Crippen LogP contribution in [-0.2, 0) is 0 Å². The van der Waals surface area contributed by atoms with Crippen molar-refractivity contribution in [3.05, 3.63) is 47.0 Å². The van der Waals surface area contributed by atoms with E-state index in [9.17, 15) is 0 Å². The molecular formula is C15H21NS. The second kappa shape index (κ2) is 6.08. The molecule has 0 saturated carbocycles. The van der Waals surface area contributed by atoms with Crippen LogP contribution in [0.2, 0.25) is 0 Å². The Kier molecular flexibility index (Phi) is 5.03. The van der Waals surface area contributed by atoms with Crippen LogP contribution in [0.4, 0.5) is 0 Å². The number of fused-ring (bicyclic) bond motifs is 1. The summed E-state index contributed by atoms with van der Waals surface area (Å²) in [5.74, 6) is 0.944. The first-order valence-electron chi connectivity index (χ1n) is 5.87. The van der Waals surface area contributed by atoms with Crippen LogP contribution < -0.4 is 5.73 Å². The Balaban J connectivity index is 0.000000437. The third-order valence-corrected chi connectivity index (χ3v) is 2.49. The molecule has 0 saturated heterocycles. The molecule has 1 nitrogen and oxygen atoms in total. The van der Waals surface area contributed by atoms with Crippen molar-refractivity contribution >= 4 is 24.8 Å². The summed E-state index contributed by atoms with van der Waals surface area (Å²) in [5, 5.41) is 0. The highest BCUT2D eigenvalue weighted by Gasteiger charge is 2.12. The quantitative estimate of drug-likeness (QED) is 0.672. The van der Waals surface area contributed by atoms with Crippen molar-refractivity contribution in [3.63, 3.8) is 0 Å². The fraction of sp³-hybridized carbons (Fsp3) is 0.333. The minimum absolute atomic E-state index is 0.326. The number of benzene rings is 1. The number of thiol groups is 1. The Hall–Kier alpha value is -0.990. The number of aryl methyl sites for hydroxylation is 1. The Morgan fingerprint density at radius 2 is 1.71 bits per heavy atom. The molecule has 0 spiro atoms. The number of hydrogen-bond acceptors (Lipinski definition) is 2. The molecule has 2 N–H and O–H groups in total. The molecule has 1 unspecified atom stereocenters. The summed E-state index contributed by atoms with van der Waals surface area (Å²) in [7, 11) is 0. The van der Waals surface area contributed by atoms with Gasteiger partial charge in [-0.05, 0) is 30.7 Å². The summed E-state index contributed by atoms with van der Waals surface area (Å²) < 4.78 is 0. The van der Waals surface area contributed by atoms with Crippen LogP contribution in [0, 0.1) is 6.92 Å². The standard InChI is InChI=1S/C13H15N.C2H6S/c1-10-3-4-11-5-7-13(2,14)8-6-12(11)9-10;1-2-3/h3-9H,14H2,1-2H3;3H,2H2,1H3. The zero-order valence-electron chi connectivity index (χ0n) is 10.8. The lowest BCUT2D eigenvalue weighted by molar-refractivity contribution is 0.743. The summed E-state index contributed by atoms with van der Waals surface area (Å²) in [6, 6.07) is 6.43. The van der Waals surface area contributed by atoms with Crippen molar-refractivity contribution in [2.24, 2.45) is 5.73 Å². The first kappa shape index (κ1) is 14.1. The lowest BCUT2D eigenvalue weighted by atomic mass is 10.0. The molecule has 0 aliphatic heterocycles. The monoisotopic (exact) mass is 247 g/mol. The molecule has 0 heterocycles. The van der Waals surface area contributed by atoms with E-state index in [1.807, 2.05) is 26.0 Å². The van der Waals surface area contributed by atoms with E-state index in [1.165, 1.54) is 16.7 Å². The molecule has 92 valence electrons. The molecule has 0 bridgehead atoms. The van der Waals surface area contributed by atoms with E-state index in [-0.39, 0.29) is 5.54 Å². The first-order valence-corrected chi connectivity index (χ1v) is 6.50. The summed E-state index contributed by atoms with van der Waals surface area (Å²) >= 11 is 3.79.